The van der Waals surface area contributed by atoms with Crippen molar-refractivity contribution < 1.29 is 14.3 Å². The van der Waals surface area contributed by atoms with Gasteiger partial charge in [-0.1, -0.05) is 6.92 Å². The highest BCUT2D eigenvalue weighted by Crippen LogP contribution is 2.19. The first-order chi connectivity index (χ1) is 11.1. The molecule has 1 N–H and O–H groups in total. The van der Waals surface area contributed by atoms with Crippen LogP contribution in [0.15, 0.2) is 24.3 Å². The number of morpholine rings is 1. The molecule has 126 valence electrons. The maximum Gasteiger partial charge on any atom is 0.243 e. The van der Waals surface area contributed by atoms with Gasteiger partial charge in [-0.15, -0.1) is 0 Å². The third-order valence-electron chi connectivity index (χ3n) is 3.90. The van der Waals surface area contributed by atoms with Gasteiger partial charge in [0, 0.05) is 37.4 Å². The molecule has 0 saturated carbocycles. The molecule has 0 unspecified atom stereocenters. The lowest BCUT2D eigenvalue weighted by molar-refractivity contribution is -0.134. The fourth-order valence-electron chi connectivity index (χ4n) is 2.55. The molecule has 23 heavy (non-hydrogen) atoms. The molecule has 0 bridgehead atoms. The molecule has 6 heteroatoms. The molecule has 1 heterocycles. The maximum atomic E-state index is 12.1. The number of ether oxygens (including phenoxy) is 1. The molecule has 1 aliphatic heterocycles. The Morgan fingerprint density at radius 3 is 2.39 bits per heavy atom. The number of hydrogen-bond acceptors (Lipinski definition) is 4. The molecular formula is C17H25N3O3. The van der Waals surface area contributed by atoms with E-state index in [9.17, 15) is 9.59 Å². The number of rotatable bonds is 6. The molecule has 1 aromatic carbocycles. The van der Waals surface area contributed by atoms with Crippen LogP contribution in [0.5, 0.6) is 0 Å². The average molecular weight is 319 g/mol. The van der Waals surface area contributed by atoms with Crippen molar-refractivity contribution in [2.45, 2.75) is 20.3 Å². The molecule has 2 amide bonds. The lowest BCUT2D eigenvalue weighted by Gasteiger charge is -2.29. The number of hydrogen-bond donors (Lipinski definition) is 1. The fraction of sp³-hybridized carbons (Fsp3) is 0.529. The van der Waals surface area contributed by atoms with Gasteiger partial charge in [0.1, 0.15) is 0 Å². The molecule has 1 aliphatic rings. The van der Waals surface area contributed by atoms with E-state index in [0.29, 0.717) is 13.0 Å². The van der Waals surface area contributed by atoms with Crippen molar-refractivity contribution in [3.63, 3.8) is 0 Å². The third-order valence-corrected chi connectivity index (χ3v) is 3.90. The smallest absolute Gasteiger partial charge is 0.243 e. The van der Waals surface area contributed by atoms with Gasteiger partial charge in [-0.2, -0.15) is 0 Å². The number of likely N-dealkylation sites (N-methyl/N-ethyl adjacent to an activating group) is 1. The van der Waals surface area contributed by atoms with Crippen LogP contribution in [0.3, 0.4) is 0 Å². The highest BCUT2D eigenvalue weighted by atomic mass is 16.5. The highest BCUT2D eigenvalue weighted by molar-refractivity contribution is 5.94. The Hall–Kier alpha value is -2.08. The Morgan fingerprint density at radius 2 is 1.83 bits per heavy atom. The van der Waals surface area contributed by atoms with Gasteiger partial charge in [0.2, 0.25) is 11.8 Å². The summed E-state index contributed by atoms with van der Waals surface area (Å²) in [7, 11) is 0. The van der Waals surface area contributed by atoms with Gasteiger partial charge in [-0.25, -0.2) is 0 Å². The summed E-state index contributed by atoms with van der Waals surface area (Å²) in [5, 5.41) is 2.84. The van der Waals surface area contributed by atoms with Crippen LogP contribution in [0.25, 0.3) is 0 Å². The van der Waals surface area contributed by atoms with Crippen molar-refractivity contribution in [1.29, 1.82) is 0 Å². The second-order valence-corrected chi connectivity index (χ2v) is 5.46. The molecule has 1 aromatic rings. The van der Waals surface area contributed by atoms with Gasteiger partial charge in [0.15, 0.2) is 0 Å². The van der Waals surface area contributed by atoms with E-state index in [1.807, 2.05) is 31.2 Å². The van der Waals surface area contributed by atoms with Gasteiger partial charge in [0.05, 0.1) is 19.8 Å². The van der Waals surface area contributed by atoms with E-state index < -0.39 is 0 Å². The minimum atomic E-state index is -0.173. The first-order valence-corrected chi connectivity index (χ1v) is 8.14. The van der Waals surface area contributed by atoms with Crippen LogP contribution in [0, 0.1) is 0 Å². The Balaban J connectivity index is 1.89. The van der Waals surface area contributed by atoms with Crippen molar-refractivity contribution in [1.82, 2.24) is 4.90 Å². The summed E-state index contributed by atoms with van der Waals surface area (Å²) in [6.45, 7) is 7.57. The summed E-state index contributed by atoms with van der Waals surface area (Å²) in [6, 6.07) is 7.77. The van der Waals surface area contributed by atoms with E-state index >= 15 is 0 Å². The molecule has 0 aromatic heterocycles. The lowest BCUT2D eigenvalue weighted by Crippen LogP contribution is -2.37. The largest absolute Gasteiger partial charge is 0.378 e. The second kappa shape index (κ2) is 8.53. The number of amides is 2. The Labute approximate surface area is 137 Å². The summed E-state index contributed by atoms with van der Waals surface area (Å²) in [4.78, 5) is 27.5. The fourth-order valence-corrected chi connectivity index (χ4v) is 2.55. The summed E-state index contributed by atoms with van der Waals surface area (Å²) < 4.78 is 5.34. The average Bonchev–Trinajstić information content (AvgIpc) is 2.60. The zero-order valence-electron chi connectivity index (χ0n) is 13.9. The molecule has 1 fully saturated rings. The summed E-state index contributed by atoms with van der Waals surface area (Å²) >= 11 is 0. The highest BCUT2D eigenvalue weighted by Gasteiger charge is 2.14. The van der Waals surface area contributed by atoms with Crippen molar-refractivity contribution in [3.05, 3.63) is 24.3 Å². The first kappa shape index (κ1) is 17.3. The normalized spacial score (nSPS) is 14.4. The first-order valence-electron chi connectivity index (χ1n) is 8.14. The van der Waals surface area contributed by atoms with E-state index in [1.165, 1.54) is 0 Å². The zero-order valence-corrected chi connectivity index (χ0v) is 13.9. The zero-order chi connectivity index (χ0) is 16.7. The SMILES string of the molecule is CCC(=O)N(CC)CC(=O)Nc1ccc(N2CCOCC2)cc1. The van der Waals surface area contributed by atoms with Crippen LogP contribution >= 0.6 is 0 Å². The minimum Gasteiger partial charge on any atom is -0.378 e. The summed E-state index contributed by atoms with van der Waals surface area (Å²) in [6.07, 6.45) is 0.412. The van der Waals surface area contributed by atoms with E-state index in [0.717, 1.165) is 37.7 Å². The van der Waals surface area contributed by atoms with E-state index in [4.69, 9.17) is 4.74 Å². The van der Waals surface area contributed by atoms with Gasteiger partial charge in [0.25, 0.3) is 0 Å². The van der Waals surface area contributed by atoms with Crippen molar-refractivity contribution in [2.24, 2.45) is 0 Å². The predicted molar refractivity (Wildman–Crippen MR) is 90.6 cm³/mol. The number of nitrogens with one attached hydrogen (secondary N) is 1. The Morgan fingerprint density at radius 1 is 1.17 bits per heavy atom. The molecule has 0 radical (unpaired) electrons. The topological polar surface area (TPSA) is 61.9 Å². The molecule has 2 rings (SSSR count). The van der Waals surface area contributed by atoms with Gasteiger partial charge >= 0.3 is 0 Å². The monoisotopic (exact) mass is 319 g/mol. The quantitative estimate of drug-likeness (QED) is 0.867. The number of anilines is 2. The predicted octanol–water partition coefficient (Wildman–Crippen LogP) is 1.72. The minimum absolute atomic E-state index is 0.00897. The Kier molecular flexibility index (Phi) is 6.40. The van der Waals surface area contributed by atoms with Crippen molar-refractivity contribution in [2.75, 3.05) is 49.6 Å². The van der Waals surface area contributed by atoms with Crippen LogP contribution in [0.1, 0.15) is 20.3 Å². The van der Waals surface area contributed by atoms with Crippen LogP contribution in [0.4, 0.5) is 11.4 Å². The third kappa shape index (κ3) is 4.96. The molecular weight excluding hydrogens is 294 g/mol. The summed E-state index contributed by atoms with van der Waals surface area (Å²) in [5.41, 5.74) is 1.87. The number of nitrogens with zero attached hydrogens (tertiary/aromatic N) is 2. The van der Waals surface area contributed by atoms with Crippen LogP contribution in [-0.4, -0.2) is 56.1 Å². The van der Waals surface area contributed by atoms with Gasteiger partial charge in [-0.3, -0.25) is 9.59 Å². The molecule has 0 aliphatic carbocycles. The van der Waals surface area contributed by atoms with Gasteiger partial charge < -0.3 is 19.9 Å². The molecule has 0 atom stereocenters. The van der Waals surface area contributed by atoms with Crippen molar-refractivity contribution in [3.8, 4) is 0 Å². The number of carbonyl (C=O) groups is 2. The number of carbonyl (C=O) groups excluding carboxylic acids is 2. The standard InChI is InChI=1S/C17H25N3O3/c1-3-17(22)19(4-2)13-16(21)18-14-5-7-15(8-6-14)20-9-11-23-12-10-20/h5-8H,3-4,9-13H2,1-2H3,(H,18,21). The lowest BCUT2D eigenvalue weighted by atomic mass is 10.2. The summed E-state index contributed by atoms with van der Waals surface area (Å²) in [5.74, 6) is -0.182. The van der Waals surface area contributed by atoms with Crippen molar-refractivity contribution >= 4 is 23.2 Å². The van der Waals surface area contributed by atoms with Crippen LogP contribution in [0.2, 0.25) is 0 Å². The van der Waals surface area contributed by atoms with Crippen LogP contribution in [-0.2, 0) is 14.3 Å². The Bertz CT molecular complexity index is 524. The van der Waals surface area contributed by atoms with E-state index in [1.54, 1.807) is 11.8 Å². The molecule has 0 spiro atoms. The van der Waals surface area contributed by atoms with Crippen LogP contribution < -0.4 is 10.2 Å². The van der Waals surface area contributed by atoms with E-state index in [2.05, 4.69) is 10.2 Å². The van der Waals surface area contributed by atoms with E-state index in [-0.39, 0.29) is 18.4 Å². The second-order valence-electron chi connectivity index (χ2n) is 5.46. The molecule has 6 nitrogen and oxygen atoms in total. The molecule has 1 saturated heterocycles. The van der Waals surface area contributed by atoms with Gasteiger partial charge in [-0.05, 0) is 31.2 Å². The number of benzene rings is 1. The maximum absolute atomic E-state index is 12.1.